The molecule has 11 heteroatoms. The minimum Gasteiger partial charge on any atom is -0.469 e. The van der Waals surface area contributed by atoms with E-state index in [1.165, 1.54) is 23.5 Å². The van der Waals surface area contributed by atoms with E-state index in [-0.39, 0.29) is 54.3 Å². The number of carbonyl (C=O) groups excluding carboxylic acids is 3. The molecule has 0 atom stereocenters. The lowest BCUT2D eigenvalue weighted by atomic mass is 9.92. The minimum absolute atomic E-state index is 0.00274. The van der Waals surface area contributed by atoms with Crippen LogP contribution in [0.1, 0.15) is 43.2 Å². The standard InChI is InChI=1S/C20H28N2O8S/c1-3-29-20(25)16-4-5-17(30-16)31(26,27)22-12-8-14(9-13-22)18(23)21-10-6-15(7-11-21)19(24)28-2/h4-5,14-15H,3,6-13H2,1-2H3. The van der Waals surface area contributed by atoms with Crippen molar-refractivity contribution in [3.8, 4) is 0 Å². The maximum absolute atomic E-state index is 12.8. The van der Waals surface area contributed by atoms with E-state index in [1.807, 2.05) is 0 Å². The molecule has 2 aliphatic rings. The highest BCUT2D eigenvalue weighted by molar-refractivity contribution is 7.89. The molecule has 0 unspecified atom stereocenters. The minimum atomic E-state index is -3.90. The van der Waals surface area contributed by atoms with Gasteiger partial charge >= 0.3 is 11.9 Å². The molecule has 2 saturated heterocycles. The number of rotatable bonds is 6. The number of nitrogens with zero attached hydrogens (tertiary/aromatic N) is 2. The van der Waals surface area contributed by atoms with Crippen LogP contribution < -0.4 is 0 Å². The van der Waals surface area contributed by atoms with Crippen molar-refractivity contribution < 1.29 is 36.7 Å². The summed E-state index contributed by atoms with van der Waals surface area (Å²) in [6.45, 7) is 3.18. The van der Waals surface area contributed by atoms with Crippen LogP contribution in [0.15, 0.2) is 21.6 Å². The second-order valence-electron chi connectivity index (χ2n) is 7.64. The summed E-state index contributed by atoms with van der Waals surface area (Å²) in [5, 5.41) is -0.315. The van der Waals surface area contributed by atoms with Crippen LogP contribution in [-0.4, -0.2) is 75.4 Å². The van der Waals surface area contributed by atoms with E-state index in [9.17, 15) is 22.8 Å². The van der Waals surface area contributed by atoms with Gasteiger partial charge in [-0.2, -0.15) is 4.31 Å². The van der Waals surface area contributed by atoms with Gasteiger partial charge in [-0.1, -0.05) is 0 Å². The zero-order valence-corrected chi connectivity index (χ0v) is 18.6. The van der Waals surface area contributed by atoms with Crippen LogP contribution in [0.25, 0.3) is 0 Å². The first-order valence-electron chi connectivity index (χ1n) is 10.4. The molecular weight excluding hydrogens is 428 g/mol. The van der Waals surface area contributed by atoms with Gasteiger partial charge in [0.2, 0.25) is 16.8 Å². The fourth-order valence-electron chi connectivity index (χ4n) is 4.00. The normalized spacial score (nSPS) is 19.2. The van der Waals surface area contributed by atoms with Gasteiger partial charge < -0.3 is 18.8 Å². The number of methoxy groups -OCH3 is 1. The average molecular weight is 457 g/mol. The first kappa shape index (κ1) is 23.3. The summed E-state index contributed by atoms with van der Waals surface area (Å²) in [6.07, 6.45) is 1.96. The zero-order valence-electron chi connectivity index (χ0n) is 17.7. The summed E-state index contributed by atoms with van der Waals surface area (Å²) < 4.78 is 41.7. The van der Waals surface area contributed by atoms with Crippen LogP contribution in [0.5, 0.6) is 0 Å². The molecule has 0 aliphatic carbocycles. The highest BCUT2D eigenvalue weighted by atomic mass is 32.2. The quantitative estimate of drug-likeness (QED) is 0.586. The van der Waals surface area contributed by atoms with Gasteiger partial charge in [0.1, 0.15) is 0 Å². The van der Waals surface area contributed by atoms with Crippen molar-refractivity contribution in [2.75, 3.05) is 39.9 Å². The Morgan fingerprint density at radius 2 is 1.65 bits per heavy atom. The van der Waals surface area contributed by atoms with Gasteiger partial charge in [0.25, 0.3) is 10.0 Å². The van der Waals surface area contributed by atoms with Crippen LogP contribution in [-0.2, 0) is 29.1 Å². The number of piperidine rings is 2. The molecule has 2 fully saturated rings. The van der Waals surface area contributed by atoms with Crippen LogP contribution in [0.2, 0.25) is 0 Å². The van der Waals surface area contributed by atoms with Gasteiger partial charge in [-0.05, 0) is 44.7 Å². The molecule has 0 aromatic carbocycles. The van der Waals surface area contributed by atoms with E-state index < -0.39 is 16.0 Å². The Labute approximate surface area is 181 Å². The molecule has 0 saturated carbocycles. The van der Waals surface area contributed by atoms with Gasteiger partial charge in [-0.3, -0.25) is 9.59 Å². The third-order valence-corrected chi connectivity index (χ3v) is 7.57. The molecule has 0 bridgehead atoms. The topological polar surface area (TPSA) is 123 Å². The van der Waals surface area contributed by atoms with Crippen molar-refractivity contribution in [3.63, 3.8) is 0 Å². The highest BCUT2D eigenvalue weighted by Crippen LogP contribution is 2.28. The molecule has 3 rings (SSSR count). The van der Waals surface area contributed by atoms with Gasteiger partial charge in [0.15, 0.2) is 0 Å². The van der Waals surface area contributed by atoms with Crippen molar-refractivity contribution in [3.05, 3.63) is 17.9 Å². The number of hydrogen-bond acceptors (Lipinski definition) is 8. The largest absolute Gasteiger partial charge is 0.469 e. The number of furan rings is 1. The van der Waals surface area contributed by atoms with Crippen molar-refractivity contribution in [1.29, 1.82) is 0 Å². The predicted molar refractivity (Wildman–Crippen MR) is 107 cm³/mol. The third kappa shape index (κ3) is 5.09. The van der Waals surface area contributed by atoms with Crippen molar-refractivity contribution in [2.24, 2.45) is 11.8 Å². The summed E-state index contributed by atoms with van der Waals surface area (Å²) in [6, 6.07) is 2.52. The van der Waals surface area contributed by atoms with E-state index in [2.05, 4.69) is 0 Å². The Morgan fingerprint density at radius 1 is 1.03 bits per heavy atom. The molecule has 1 amide bonds. The fourth-order valence-corrected chi connectivity index (χ4v) is 5.38. The molecule has 31 heavy (non-hydrogen) atoms. The van der Waals surface area contributed by atoms with E-state index >= 15 is 0 Å². The Morgan fingerprint density at radius 3 is 2.23 bits per heavy atom. The van der Waals surface area contributed by atoms with Gasteiger partial charge in [0.05, 0.1) is 19.6 Å². The maximum atomic E-state index is 12.8. The molecule has 1 aromatic heterocycles. The summed E-state index contributed by atoms with van der Waals surface area (Å²) in [5.74, 6) is -1.55. The second-order valence-corrected chi connectivity index (χ2v) is 9.51. The van der Waals surface area contributed by atoms with Crippen molar-refractivity contribution in [1.82, 2.24) is 9.21 Å². The van der Waals surface area contributed by atoms with Crippen LogP contribution in [0.3, 0.4) is 0 Å². The summed E-state index contributed by atoms with van der Waals surface area (Å²) in [4.78, 5) is 37.9. The van der Waals surface area contributed by atoms with Crippen LogP contribution in [0.4, 0.5) is 0 Å². The summed E-state index contributed by atoms with van der Waals surface area (Å²) >= 11 is 0. The molecule has 0 spiro atoms. The molecular formula is C20H28N2O8S. The van der Waals surface area contributed by atoms with Crippen LogP contribution >= 0.6 is 0 Å². The first-order chi connectivity index (χ1) is 14.8. The SMILES string of the molecule is CCOC(=O)c1ccc(S(=O)(=O)N2CCC(C(=O)N3CCC(C(=O)OC)CC3)CC2)o1. The Balaban J connectivity index is 1.55. The van der Waals surface area contributed by atoms with Gasteiger partial charge in [-0.25, -0.2) is 13.2 Å². The highest BCUT2D eigenvalue weighted by Gasteiger charge is 2.37. The number of esters is 2. The lowest BCUT2D eigenvalue weighted by Gasteiger charge is -2.36. The van der Waals surface area contributed by atoms with E-state index in [1.54, 1.807) is 11.8 Å². The first-order valence-corrected chi connectivity index (χ1v) is 11.9. The molecule has 0 radical (unpaired) electrons. The monoisotopic (exact) mass is 456 g/mol. The lowest BCUT2D eigenvalue weighted by molar-refractivity contribution is -0.149. The zero-order chi connectivity index (χ0) is 22.6. The van der Waals surface area contributed by atoms with Crippen molar-refractivity contribution >= 4 is 27.9 Å². The number of ether oxygens (including phenoxy) is 2. The second kappa shape index (κ2) is 9.82. The predicted octanol–water partition coefficient (Wildman–Crippen LogP) is 1.27. The number of hydrogen-bond donors (Lipinski definition) is 0. The smallest absolute Gasteiger partial charge is 0.374 e. The van der Waals surface area contributed by atoms with Gasteiger partial charge in [-0.15, -0.1) is 0 Å². The Hall–Kier alpha value is -2.40. The van der Waals surface area contributed by atoms with E-state index in [0.29, 0.717) is 38.8 Å². The van der Waals surface area contributed by atoms with Crippen molar-refractivity contribution in [2.45, 2.75) is 37.7 Å². The molecule has 0 N–H and O–H groups in total. The number of likely N-dealkylation sites (tertiary alicyclic amines) is 1. The number of amides is 1. The van der Waals surface area contributed by atoms with E-state index in [4.69, 9.17) is 13.9 Å². The number of carbonyl (C=O) groups is 3. The molecule has 172 valence electrons. The molecule has 3 heterocycles. The Bertz CT molecular complexity index is 909. The molecule has 10 nitrogen and oxygen atoms in total. The van der Waals surface area contributed by atoms with E-state index in [0.717, 1.165) is 0 Å². The summed E-state index contributed by atoms with van der Waals surface area (Å²) in [5.41, 5.74) is 0. The third-order valence-electron chi connectivity index (χ3n) is 5.80. The number of sulfonamides is 1. The molecule has 1 aromatic rings. The molecule has 2 aliphatic heterocycles. The Kier molecular flexibility index (Phi) is 7.37. The lowest BCUT2D eigenvalue weighted by Crippen LogP contribution is -2.47. The fraction of sp³-hybridized carbons (Fsp3) is 0.650. The summed E-state index contributed by atoms with van der Waals surface area (Å²) in [7, 11) is -2.54. The van der Waals surface area contributed by atoms with Gasteiger partial charge in [0, 0.05) is 32.1 Å². The van der Waals surface area contributed by atoms with Crippen LogP contribution in [0, 0.1) is 11.8 Å². The maximum Gasteiger partial charge on any atom is 0.374 e. The average Bonchev–Trinajstić information content (AvgIpc) is 3.30.